The highest BCUT2D eigenvalue weighted by molar-refractivity contribution is 7.88. The van der Waals surface area contributed by atoms with Crippen LogP contribution in [-0.4, -0.2) is 53.1 Å². The molecule has 120 valence electrons. The smallest absolute Gasteiger partial charge is 0.208 e. The molecule has 9 heteroatoms. The van der Waals surface area contributed by atoms with Crippen molar-refractivity contribution in [3.05, 3.63) is 11.1 Å². The number of nitrogens with one attached hydrogen (secondary N) is 1. The van der Waals surface area contributed by atoms with Crippen molar-refractivity contribution in [3.63, 3.8) is 0 Å². The molecule has 2 heterocycles. The Morgan fingerprint density at radius 1 is 1.52 bits per heavy atom. The van der Waals surface area contributed by atoms with Crippen LogP contribution >= 0.6 is 12.2 Å². The summed E-state index contributed by atoms with van der Waals surface area (Å²) in [4.78, 5) is 2.18. The van der Waals surface area contributed by atoms with Crippen molar-refractivity contribution in [1.82, 2.24) is 24.0 Å². The first kappa shape index (κ1) is 16.6. The normalized spacial score (nSPS) is 21.0. The van der Waals surface area contributed by atoms with Crippen LogP contribution in [-0.2, 0) is 16.7 Å². The number of likely N-dealkylation sites (tertiary alicyclic amines) is 1. The molecule has 0 saturated carbocycles. The van der Waals surface area contributed by atoms with Crippen LogP contribution in [0.15, 0.2) is 6.33 Å². The van der Waals surface area contributed by atoms with Gasteiger partial charge >= 0.3 is 0 Å². The molecule has 0 amide bonds. The van der Waals surface area contributed by atoms with Gasteiger partial charge in [-0.25, -0.2) is 17.8 Å². The summed E-state index contributed by atoms with van der Waals surface area (Å²) in [5, 5.41) is 4.33. The summed E-state index contributed by atoms with van der Waals surface area (Å²) in [6.45, 7) is 6.34. The molecule has 1 fully saturated rings. The molecule has 1 saturated heterocycles. The summed E-state index contributed by atoms with van der Waals surface area (Å²) in [5.74, 6) is 0. The molecule has 0 aromatic carbocycles. The summed E-state index contributed by atoms with van der Waals surface area (Å²) >= 11 is 5.41. The van der Waals surface area contributed by atoms with Gasteiger partial charge in [0.15, 0.2) is 4.77 Å². The van der Waals surface area contributed by atoms with Crippen molar-refractivity contribution in [2.45, 2.75) is 45.4 Å². The van der Waals surface area contributed by atoms with Crippen LogP contribution in [0, 0.1) is 4.77 Å². The lowest BCUT2D eigenvalue weighted by Gasteiger charge is -2.32. The molecule has 1 aromatic rings. The van der Waals surface area contributed by atoms with Crippen LogP contribution in [0.2, 0.25) is 0 Å². The fraction of sp³-hybridized carbons (Fsp3) is 0.833. The Labute approximate surface area is 131 Å². The van der Waals surface area contributed by atoms with Gasteiger partial charge < -0.3 is 4.57 Å². The van der Waals surface area contributed by atoms with Crippen LogP contribution in [0.3, 0.4) is 0 Å². The lowest BCUT2D eigenvalue weighted by Crippen LogP contribution is -2.47. The average molecular weight is 333 g/mol. The Kier molecular flexibility index (Phi) is 5.18. The van der Waals surface area contributed by atoms with Crippen molar-refractivity contribution in [1.29, 1.82) is 0 Å². The van der Waals surface area contributed by atoms with E-state index in [-0.39, 0.29) is 12.1 Å². The molecule has 21 heavy (non-hydrogen) atoms. The van der Waals surface area contributed by atoms with E-state index in [0.29, 0.717) is 18.0 Å². The molecule has 1 unspecified atom stereocenters. The molecule has 1 N–H and O–H groups in total. The largest absolute Gasteiger partial charge is 0.304 e. The summed E-state index contributed by atoms with van der Waals surface area (Å²) in [6.07, 6.45) is 4.79. The van der Waals surface area contributed by atoms with Crippen LogP contribution in [0.5, 0.6) is 0 Å². The Balaban J connectivity index is 2.01. The first-order valence-corrected chi connectivity index (χ1v) is 9.40. The van der Waals surface area contributed by atoms with Gasteiger partial charge in [0.25, 0.3) is 0 Å². The molecule has 1 aliphatic rings. The van der Waals surface area contributed by atoms with E-state index in [1.54, 1.807) is 11.0 Å². The SMILES string of the molecule is CC(C)n1cnn(CN2CCCC(NS(C)(=O)=O)C2)c1=S. The number of sulfonamides is 1. The van der Waals surface area contributed by atoms with Crippen LogP contribution in [0.4, 0.5) is 0 Å². The van der Waals surface area contributed by atoms with Crippen LogP contribution in [0.25, 0.3) is 0 Å². The zero-order chi connectivity index (χ0) is 15.6. The van der Waals surface area contributed by atoms with E-state index in [1.165, 1.54) is 6.26 Å². The summed E-state index contributed by atoms with van der Waals surface area (Å²) in [6, 6.07) is 0.252. The number of nitrogens with zero attached hydrogens (tertiary/aromatic N) is 4. The lowest BCUT2D eigenvalue weighted by molar-refractivity contribution is 0.152. The second kappa shape index (κ2) is 6.55. The Bertz CT molecular complexity index is 634. The Morgan fingerprint density at radius 2 is 2.24 bits per heavy atom. The van der Waals surface area contributed by atoms with Gasteiger partial charge in [-0.2, -0.15) is 5.10 Å². The zero-order valence-electron chi connectivity index (χ0n) is 12.7. The van der Waals surface area contributed by atoms with Gasteiger partial charge in [-0.15, -0.1) is 0 Å². The maximum atomic E-state index is 11.3. The van der Waals surface area contributed by atoms with E-state index < -0.39 is 10.0 Å². The topological polar surface area (TPSA) is 72.2 Å². The first-order chi connectivity index (χ1) is 9.76. The quantitative estimate of drug-likeness (QED) is 0.813. The van der Waals surface area contributed by atoms with Gasteiger partial charge in [-0.1, -0.05) is 0 Å². The van der Waals surface area contributed by atoms with Gasteiger partial charge in [-0.05, 0) is 38.9 Å². The van der Waals surface area contributed by atoms with Crippen molar-refractivity contribution in [3.8, 4) is 0 Å². The van der Waals surface area contributed by atoms with E-state index in [0.717, 1.165) is 19.4 Å². The molecule has 2 rings (SSSR count). The molecule has 0 radical (unpaired) electrons. The van der Waals surface area contributed by atoms with Crippen LogP contribution in [0.1, 0.15) is 32.7 Å². The molecule has 1 aromatic heterocycles. The lowest BCUT2D eigenvalue weighted by atomic mass is 10.1. The monoisotopic (exact) mass is 333 g/mol. The van der Waals surface area contributed by atoms with Gasteiger partial charge in [0.05, 0.1) is 12.9 Å². The third kappa shape index (κ3) is 4.60. The number of rotatable bonds is 5. The van der Waals surface area contributed by atoms with Gasteiger partial charge in [0.2, 0.25) is 10.0 Å². The molecular weight excluding hydrogens is 310 g/mol. The van der Waals surface area contributed by atoms with Gasteiger partial charge in [0.1, 0.15) is 6.33 Å². The van der Waals surface area contributed by atoms with E-state index in [2.05, 4.69) is 28.6 Å². The molecule has 7 nitrogen and oxygen atoms in total. The van der Waals surface area contributed by atoms with Gasteiger partial charge in [-0.3, -0.25) is 4.90 Å². The maximum Gasteiger partial charge on any atom is 0.208 e. The van der Waals surface area contributed by atoms with Crippen LogP contribution < -0.4 is 4.72 Å². The molecule has 0 spiro atoms. The first-order valence-electron chi connectivity index (χ1n) is 7.10. The van der Waals surface area contributed by atoms with Crippen molar-refractivity contribution < 1.29 is 8.42 Å². The number of hydrogen-bond acceptors (Lipinski definition) is 5. The van der Waals surface area contributed by atoms with Crippen molar-refractivity contribution in [2.24, 2.45) is 0 Å². The fourth-order valence-corrected chi connectivity index (χ4v) is 3.73. The van der Waals surface area contributed by atoms with Crippen molar-refractivity contribution >= 4 is 22.2 Å². The van der Waals surface area contributed by atoms with E-state index in [1.807, 2.05) is 4.57 Å². The third-order valence-corrected chi connectivity index (χ3v) is 4.72. The molecular formula is C12H23N5O2S2. The molecule has 0 bridgehead atoms. The highest BCUT2D eigenvalue weighted by Gasteiger charge is 2.22. The number of piperidine rings is 1. The molecule has 1 atom stereocenters. The maximum absolute atomic E-state index is 11.3. The van der Waals surface area contributed by atoms with Gasteiger partial charge in [0, 0.05) is 25.2 Å². The van der Waals surface area contributed by atoms with E-state index >= 15 is 0 Å². The van der Waals surface area contributed by atoms with Crippen molar-refractivity contribution in [2.75, 3.05) is 19.3 Å². The summed E-state index contributed by atoms with van der Waals surface area (Å²) in [7, 11) is -3.16. The second-order valence-electron chi connectivity index (χ2n) is 5.86. The highest BCUT2D eigenvalue weighted by atomic mass is 32.2. The minimum atomic E-state index is -3.16. The number of aromatic nitrogens is 3. The standard InChI is InChI=1S/C12H23N5O2S2/c1-10(2)16-8-13-17(12(16)20)9-15-6-4-5-11(7-15)14-21(3,18)19/h8,10-11,14H,4-7,9H2,1-3H3. The average Bonchev–Trinajstić information content (AvgIpc) is 2.69. The fourth-order valence-electron chi connectivity index (χ4n) is 2.57. The summed E-state index contributed by atoms with van der Waals surface area (Å²) in [5.41, 5.74) is 0. The number of hydrogen-bond donors (Lipinski definition) is 1. The minimum absolute atomic E-state index is 0.0323. The minimum Gasteiger partial charge on any atom is -0.304 e. The Morgan fingerprint density at radius 3 is 2.81 bits per heavy atom. The molecule has 1 aliphatic heterocycles. The Hall–Kier alpha value is -0.770. The third-order valence-electron chi connectivity index (χ3n) is 3.53. The predicted octanol–water partition coefficient (Wildman–Crippen LogP) is 0.966. The highest BCUT2D eigenvalue weighted by Crippen LogP contribution is 2.12. The zero-order valence-corrected chi connectivity index (χ0v) is 14.3. The van der Waals surface area contributed by atoms with E-state index in [4.69, 9.17) is 12.2 Å². The van der Waals surface area contributed by atoms with E-state index in [9.17, 15) is 8.42 Å². The predicted molar refractivity (Wildman–Crippen MR) is 84.0 cm³/mol. The summed E-state index contributed by atoms with van der Waals surface area (Å²) < 4.78 is 29.8. The molecule has 0 aliphatic carbocycles. The second-order valence-corrected chi connectivity index (χ2v) is 8.01.